The van der Waals surface area contributed by atoms with Gasteiger partial charge in [-0.1, -0.05) is 11.6 Å². The van der Waals surface area contributed by atoms with Gasteiger partial charge in [0.25, 0.3) is 0 Å². The van der Waals surface area contributed by atoms with Crippen molar-refractivity contribution in [2.75, 3.05) is 26.7 Å². The van der Waals surface area contributed by atoms with Crippen LogP contribution in [0.3, 0.4) is 0 Å². The van der Waals surface area contributed by atoms with Gasteiger partial charge in [-0.3, -0.25) is 9.59 Å². The molecule has 130 valence electrons. The van der Waals surface area contributed by atoms with E-state index < -0.39 is 0 Å². The fraction of sp³-hybridized carbons (Fsp3) is 0.556. The van der Waals surface area contributed by atoms with Gasteiger partial charge in [0.1, 0.15) is 18.4 Å². The average Bonchev–Trinajstić information content (AvgIpc) is 3.32. The van der Waals surface area contributed by atoms with Gasteiger partial charge < -0.3 is 14.5 Å². The van der Waals surface area contributed by atoms with E-state index in [1.54, 1.807) is 41.1 Å². The van der Waals surface area contributed by atoms with Crippen molar-refractivity contribution >= 4 is 23.4 Å². The summed E-state index contributed by atoms with van der Waals surface area (Å²) in [6.45, 7) is 1.61. The molecular weight excluding hydrogens is 328 g/mol. The number of ether oxygens (including phenoxy) is 1. The topological polar surface area (TPSA) is 49.9 Å². The van der Waals surface area contributed by atoms with E-state index in [9.17, 15) is 9.59 Å². The van der Waals surface area contributed by atoms with Crippen LogP contribution in [0.1, 0.15) is 25.7 Å². The normalized spacial score (nSPS) is 20.1. The van der Waals surface area contributed by atoms with Crippen LogP contribution in [0.2, 0.25) is 5.02 Å². The number of carbonyl (C=O) groups excluding carboxylic acids is 2. The summed E-state index contributed by atoms with van der Waals surface area (Å²) in [6, 6.07) is 6.85. The van der Waals surface area contributed by atoms with E-state index in [1.807, 2.05) is 0 Å². The Labute approximate surface area is 147 Å². The number of rotatable bonds is 6. The van der Waals surface area contributed by atoms with Gasteiger partial charge in [0.05, 0.1) is 6.54 Å². The van der Waals surface area contributed by atoms with Crippen molar-refractivity contribution in [3.05, 3.63) is 29.3 Å². The molecule has 1 aliphatic heterocycles. The summed E-state index contributed by atoms with van der Waals surface area (Å²) in [4.78, 5) is 28.4. The highest BCUT2D eigenvalue weighted by Crippen LogP contribution is 2.34. The second-order valence-electron chi connectivity index (χ2n) is 6.53. The van der Waals surface area contributed by atoms with E-state index in [0.717, 1.165) is 31.4 Å². The lowest BCUT2D eigenvalue weighted by atomic mass is 10.2. The number of hydrogen-bond acceptors (Lipinski definition) is 3. The van der Waals surface area contributed by atoms with Crippen LogP contribution in [0, 0.1) is 5.92 Å². The standard InChI is InChI=1S/C18H23ClN2O3/c1-20(11-12-24-15-8-6-14(19)7-9-15)18(23)16-3-2-10-21(16)17(22)13-4-5-13/h6-9,13,16H,2-5,10-12H2,1H3. The van der Waals surface area contributed by atoms with Crippen LogP contribution >= 0.6 is 11.6 Å². The summed E-state index contributed by atoms with van der Waals surface area (Å²) in [5, 5.41) is 0.663. The van der Waals surface area contributed by atoms with Gasteiger partial charge in [0.2, 0.25) is 11.8 Å². The summed E-state index contributed by atoms with van der Waals surface area (Å²) in [6.07, 6.45) is 3.62. The molecule has 0 bridgehead atoms. The number of benzene rings is 1. The van der Waals surface area contributed by atoms with Crippen LogP contribution in [0.4, 0.5) is 0 Å². The first-order chi connectivity index (χ1) is 11.6. The Balaban J connectivity index is 1.48. The molecule has 1 unspecified atom stereocenters. The molecule has 2 aliphatic rings. The van der Waals surface area contributed by atoms with Crippen molar-refractivity contribution in [3.8, 4) is 5.75 Å². The molecule has 0 N–H and O–H groups in total. The SMILES string of the molecule is CN(CCOc1ccc(Cl)cc1)C(=O)C1CCCN1C(=O)C1CC1. The van der Waals surface area contributed by atoms with Crippen molar-refractivity contribution in [2.45, 2.75) is 31.7 Å². The molecule has 0 aromatic heterocycles. The monoisotopic (exact) mass is 350 g/mol. The van der Waals surface area contributed by atoms with Gasteiger partial charge in [-0.2, -0.15) is 0 Å². The predicted octanol–water partition coefficient (Wildman–Crippen LogP) is 2.58. The van der Waals surface area contributed by atoms with Crippen LogP contribution in [-0.4, -0.2) is 54.4 Å². The van der Waals surface area contributed by atoms with E-state index in [4.69, 9.17) is 16.3 Å². The van der Waals surface area contributed by atoms with Crippen molar-refractivity contribution in [1.82, 2.24) is 9.80 Å². The molecular formula is C18H23ClN2O3. The zero-order valence-electron chi connectivity index (χ0n) is 13.9. The molecule has 1 aliphatic carbocycles. The second-order valence-corrected chi connectivity index (χ2v) is 6.96. The molecule has 3 rings (SSSR count). The fourth-order valence-electron chi connectivity index (χ4n) is 3.05. The van der Waals surface area contributed by atoms with Crippen LogP contribution in [0.25, 0.3) is 0 Å². The molecule has 2 amide bonds. The molecule has 1 heterocycles. The number of likely N-dealkylation sites (tertiary alicyclic amines) is 1. The van der Waals surface area contributed by atoms with Gasteiger partial charge in [-0.05, 0) is 49.9 Å². The summed E-state index contributed by atoms with van der Waals surface area (Å²) < 4.78 is 5.63. The largest absolute Gasteiger partial charge is 0.492 e. The lowest BCUT2D eigenvalue weighted by Crippen LogP contribution is -2.47. The minimum Gasteiger partial charge on any atom is -0.492 e. The minimum atomic E-state index is -0.293. The summed E-state index contributed by atoms with van der Waals surface area (Å²) in [5.41, 5.74) is 0. The lowest BCUT2D eigenvalue weighted by molar-refractivity contribution is -0.143. The van der Waals surface area contributed by atoms with Gasteiger partial charge >= 0.3 is 0 Å². The molecule has 1 saturated heterocycles. The molecule has 5 nitrogen and oxygen atoms in total. The van der Waals surface area contributed by atoms with E-state index in [1.165, 1.54) is 0 Å². The smallest absolute Gasteiger partial charge is 0.245 e. The Hall–Kier alpha value is -1.75. The highest BCUT2D eigenvalue weighted by molar-refractivity contribution is 6.30. The number of carbonyl (C=O) groups is 2. The van der Waals surface area contributed by atoms with Gasteiger partial charge in [0, 0.05) is 24.5 Å². The number of halogens is 1. The first-order valence-electron chi connectivity index (χ1n) is 8.50. The van der Waals surface area contributed by atoms with Crippen molar-refractivity contribution in [2.24, 2.45) is 5.92 Å². The van der Waals surface area contributed by atoms with Gasteiger partial charge in [-0.25, -0.2) is 0 Å². The Kier molecular flexibility index (Phi) is 5.29. The Morgan fingerprint density at radius 1 is 1.25 bits per heavy atom. The first kappa shape index (κ1) is 17.1. The third-order valence-electron chi connectivity index (χ3n) is 4.63. The van der Waals surface area contributed by atoms with Gasteiger partial charge in [0.15, 0.2) is 0 Å². The maximum Gasteiger partial charge on any atom is 0.245 e. The summed E-state index contributed by atoms with van der Waals surface area (Å²) in [5.74, 6) is 1.07. The number of hydrogen-bond donors (Lipinski definition) is 0. The fourth-order valence-corrected chi connectivity index (χ4v) is 3.17. The molecule has 1 aromatic carbocycles. The molecule has 1 aromatic rings. The zero-order valence-corrected chi connectivity index (χ0v) is 14.7. The lowest BCUT2D eigenvalue weighted by Gasteiger charge is -2.28. The molecule has 0 radical (unpaired) electrons. The van der Waals surface area contributed by atoms with Crippen molar-refractivity contribution in [1.29, 1.82) is 0 Å². The van der Waals surface area contributed by atoms with E-state index in [2.05, 4.69) is 0 Å². The number of amides is 2. The van der Waals surface area contributed by atoms with Crippen molar-refractivity contribution < 1.29 is 14.3 Å². The third kappa shape index (κ3) is 4.01. The minimum absolute atomic E-state index is 0.0150. The van der Waals surface area contributed by atoms with Crippen LogP contribution < -0.4 is 4.74 Å². The van der Waals surface area contributed by atoms with Crippen molar-refractivity contribution in [3.63, 3.8) is 0 Å². The molecule has 2 fully saturated rings. The first-order valence-corrected chi connectivity index (χ1v) is 8.88. The summed E-state index contributed by atoms with van der Waals surface area (Å²) in [7, 11) is 1.77. The molecule has 0 spiro atoms. The highest BCUT2D eigenvalue weighted by Gasteiger charge is 2.41. The molecule has 1 saturated carbocycles. The maximum atomic E-state index is 12.6. The zero-order chi connectivity index (χ0) is 17.1. The highest BCUT2D eigenvalue weighted by atomic mass is 35.5. The third-order valence-corrected chi connectivity index (χ3v) is 4.88. The maximum absolute atomic E-state index is 12.6. The quantitative estimate of drug-likeness (QED) is 0.792. The van der Waals surface area contributed by atoms with Crippen LogP contribution in [0.15, 0.2) is 24.3 Å². The van der Waals surface area contributed by atoms with Crippen LogP contribution in [-0.2, 0) is 9.59 Å². The molecule has 1 atom stereocenters. The van der Waals surface area contributed by atoms with E-state index >= 15 is 0 Å². The van der Waals surface area contributed by atoms with Gasteiger partial charge in [-0.15, -0.1) is 0 Å². The summed E-state index contributed by atoms with van der Waals surface area (Å²) >= 11 is 5.84. The number of nitrogens with zero attached hydrogens (tertiary/aromatic N) is 2. The van der Waals surface area contributed by atoms with Crippen LogP contribution in [0.5, 0.6) is 5.75 Å². The Morgan fingerprint density at radius 3 is 2.62 bits per heavy atom. The Bertz CT molecular complexity index is 601. The Morgan fingerprint density at radius 2 is 1.96 bits per heavy atom. The molecule has 6 heteroatoms. The predicted molar refractivity (Wildman–Crippen MR) is 92.0 cm³/mol. The second kappa shape index (κ2) is 7.43. The molecule has 24 heavy (non-hydrogen) atoms. The van der Waals surface area contributed by atoms with E-state index in [-0.39, 0.29) is 23.8 Å². The number of likely N-dealkylation sites (N-methyl/N-ethyl adjacent to an activating group) is 1. The van der Waals surface area contributed by atoms with E-state index in [0.29, 0.717) is 24.7 Å². The average molecular weight is 351 g/mol.